The summed E-state index contributed by atoms with van der Waals surface area (Å²) in [5.74, 6) is 1.94. The molecule has 21 heavy (non-hydrogen) atoms. The average Bonchev–Trinajstić information content (AvgIpc) is 2.48. The molecular formula is C17H23N3O. The number of anilines is 1. The van der Waals surface area contributed by atoms with Crippen molar-refractivity contribution >= 4 is 5.82 Å². The van der Waals surface area contributed by atoms with Gasteiger partial charge in [0.25, 0.3) is 0 Å². The van der Waals surface area contributed by atoms with Crippen molar-refractivity contribution < 1.29 is 4.74 Å². The first kappa shape index (κ1) is 15.4. The Hall–Kier alpha value is -1.94. The monoisotopic (exact) mass is 285 g/mol. The number of aromatic nitrogens is 2. The molecule has 0 amide bonds. The predicted octanol–water partition coefficient (Wildman–Crippen LogP) is 3.69. The third-order valence-electron chi connectivity index (χ3n) is 3.54. The SMILES string of the molecule is CNc1nc(C(OC)c2ccccc2)nc(C)c1C(C)C. The molecule has 1 N–H and O–H groups in total. The van der Waals surface area contributed by atoms with Gasteiger partial charge in [0.2, 0.25) is 0 Å². The third-order valence-corrected chi connectivity index (χ3v) is 3.54. The minimum atomic E-state index is -0.252. The lowest BCUT2D eigenvalue weighted by Crippen LogP contribution is -2.14. The summed E-state index contributed by atoms with van der Waals surface area (Å²) in [6.45, 7) is 6.33. The van der Waals surface area contributed by atoms with E-state index >= 15 is 0 Å². The highest BCUT2D eigenvalue weighted by molar-refractivity contribution is 5.48. The Kier molecular flexibility index (Phi) is 4.91. The molecule has 0 spiro atoms. The first-order valence-corrected chi connectivity index (χ1v) is 7.22. The van der Waals surface area contributed by atoms with Crippen molar-refractivity contribution in [3.05, 3.63) is 53.0 Å². The van der Waals surface area contributed by atoms with Gasteiger partial charge < -0.3 is 10.1 Å². The quantitative estimate of drug-likeness (QED) is 0.910. The number of benzene rings is 1. The first-order valence-electron chi connectivity index (χ1n) is 7.22. The summed E-state index contributed by atoms with van der Waals surface area (Å²) in [7, 11) is 3.58. The molecule has 0 fully saturated rings. The Bertz CT molecular complexity index is 596. The molecular weight excluding hydrogens is 262 g/mol. The molecule has 0 saturated carbocycles. The van der Waals surface area contributed by atoms with Gasteiger partial charge in [0.05, 0.1) is 0 Å². The van der Waals surface area contributed by atoms with E-state index in [-0.39, 0.29) is 6.10 Å². The Labute approximate surface area is 126 Å². The highest BCUT2D eigenvalue weighted by atomic mass is 16.5. The van der Waals surface area contributed by atoms with Crippen LogP contribution < -0.4 is 5.32 Å². The molecule has 0 aliphatic rings. The number of nitrogens with one attached hydrogen (secondary N) is 1. The zero-order chi connectivity index (χ0) is 15.4. The van der Waals surface area contributed by atoms with Gasteiger partial charge in [-0.3, -0.25) is 0 Å². The van der Waals surface area contributed by atoms with Crippen molar-refractivity contribution in [2.24, 2.45) is 0 Å². The molecule has 112 valence electrons. The second-order valence-corrected chi connectivity index (χ2v) is 5.36. The molecule has 0 radical (unpaired) electrons. The Morgan fingerprint density at radius 3 is 2.29 bits per heavy atom. The third kappa shape index (κ3) is 3.22. The number of nitrogens with zero attached hydrogens (tertiary/aromatic N) is 2. The smallest absolute Gasteiger partial charge is 0.164 e. The number of rotatable bonds is 5. The van der Waals surface area contributed by atoms with Crippen LogP contribution in [0.3, 0.4) is 0 Å². The fourth-order valence-electron chi connectivity index (χ4n) is 2.62. The molecule has 1 heterocycles. The molecule has 4 heteroatoms. The van der Waals surface area contributed by atoms with E-state index in [1.54, 1.807) is 7.11 Å². The molecule has 0 aliphatic carbocycles. The highest BCUT2D eigenvalue weighted by Gasteiger charge is 2.20. The molecule has 1 atom stereocenters. The molecule has 1 aromatic heterocycles. The topological polar surface area (TPSA) is 47.0 Å². The number of methoxy groups -OCH3 is 1. The summed E-state index contributed by atoms with van der Waals surface area (Å²) in [6, 6.07) is 10.0. The second-order valence-electron chi connectivity index (χ2n) is 5.36. The van der Waals surface area contributed by atoms with E-state index in [2.05, 4.69) is 29.1 Å². The van der Waals surface area contributed by atoms with Crippen LogP contribution in [-0.4, -0.2) is 24.1 Å². The van der Waals surface area contributed by atoms with Crippen molar-refractivity contribution in [2.75, 3.05) is 19.5 Å². The number of hydrogen-bond acceptors (Lipinski definition) is 4. The van der Waals surface area contributed by atoms with E-state index < -0.39 is 0 Å². The van der Waals surface area contributed by atoms with Crippen LogP contribution in [0.1, 0.15) is 48.5 Å². The van der Waals surface area contributed by atoms with E-state index in [0.29, 0.717) is 11.7 Å². The van der Waals surface area contributed by atoms with Crippen LogP contribution in [0.5, 0.6) is 0 Å². The largest absolute Gasteiger partial charge is 0.373 e. The van der Waals surface area contributed by atoms with E-state index in [1.165, 1.54) is 0 Å². The van der Waals surface area contributed by atoms with E-state index in [1.807, 2.05) is 44.3 Å². The summed E-state index contributed by atoms with van der Waals surface area (Å²) in [5, 5.41) is 3.18. The minimum absolute atomic E-state index is 0.252. The van der Waals surface area contributed by atoms with Crippen LogP contribution in [0, 0.1) is 6.92 Å². The van der Waals surface area contributed by atoms with Crippen LogP contribution in [0.15, 0.2) is 30.3 Å². The molecule has 0 bridgehead atoms. The number of aryl methyl sites for hydroxylation is 1. The summed E-state index contributed by atoms with van der Waals surface area (Å²) in [4.78, 5) is 9.35. The van der Waals surface area contributed by atoms with Gasteiger partial charge in [-0.1, -0.05) is 44.2 Å². The van der Waals surface area contributed by atoms with Crippen molar-refractivity contribution in [3.8, 4) is 0 Å². The summed E-state index contributed by atoms with van der Waals surface area (Å²) in [6.07, 6.45) is -0.252. The normalized spacial score (nSPS) is 12.5. The predicted molar refractivity (Wildman–Crippen MR) is 85.7 cm³/mol. The second kappa shape index (κ2) is 6.68. The van der Waals surface area contributed by atoms with Crippen molar-refractivity contribution in [1.29, 1.82) is 0 Å². The van der Waals surface area contributed by atoms with Gasteiger partial charge >= 0.3 is 0 Å². The van der Waals surface area contributed by atoms with E-state index in [4.69, 9.17) is 4.74 Å². The lowest BCUT2D eigenvalue weighted by molar-refractivity contribution is 0.129. The van der Waals surface area contributed by atoms with E-state index in [9.17, 15) is 0 Å². The maximum atomic E-state index is 5.62. The van der Waals surface area contributed by atoms with Gasteiger partial charge in [-0.15, -0.1) is 0 Å². The average molecular weight is 285 g/mol. The molecule has 4 nitrogen and oxygen atoms in total. The van der Waals surface area contributed by atoms with Crippen LogP contribution in [-0.2, 0) is 4.74 Å². The van der Waals surface area contributed by atoms with Gasteiger partial charge in [-0.25, -0.2) is 9.97 Å². The van der Waals surface area contributed by atoms with Crippen molar-refractivity contribution in [1.82, 2.24) is 9.97 Å². The molecule has 2 rings (SSSR count). The highest BCUT2D eigenvalue weighted by Crippen LogP contribution is 2.29. The number of ether oxygens (including phenoxy) is 1. The fourth-order valence-corrected chi connectivity index (χ4v) is 2.62. The number of hydrogen-bond donors (Lipinski definition) is 1. The summed E-state index contributed by atoms with van der Waals surface area (Å²) < 4.78 is 5.62. The molecule has 1 unspecified atom stereocenters. The van der Waals surface area contributed by atoms with Crippen LogP contribution in [0.2, 0.25) is 0 Å². The van der Waals surface area contributed by atoms with Crippen LogP contribution in [0.25, 0.3) is 0 Å². The van der Waals surface area contributed by atoms with Crippen molar-refractivity contribution in [2.45, 2.75) is 32.8 Å². The van der Waals surface area contributed by atoms with Gasteiger partial charge in [-0.05, 0) is 18.4 Å². The maximum Gasteiger partial charge on any atom is 0.164 e. The van der Waals surface area contributed by atoms with Crippen LogP contribution in [0.4, 0.5) is 5.82 Å². The van der Waals surface area contributed by atoms with Gasteiger partial charge in [0.1, 0.15) is 11.9 Å². The van der Waals surface area contributed by atoms with Gasteiger partial charge in [0.15, 0.2) is 5.82 Å². The standard InChI is InChI=1S/C17H23N3O/c1-11(2)14-12(3)19-17(20-16(14)18-4)15(21-5)13-9-7-6-8-10-13/h6-11,15H,1-5H3,(H,18,19,20). The lowest BCUT2D eigenvalue weighted by Gasteiger charge is -2.19. The van der Waals surface area contributed by atoms with Crippen molar-refractivity contribution in [3.63, 3.8) is 0 Å². The molecule has 1 aromatic carbocycles. The van der Waals surface area contributed by atoms with Gasteiger partial charge in [-0.2, -0.15) is 0 Å². The Morgan fingerprint density at radius 1 is 1.10 bits per heavy atom. The van der Waals surface area contributed by atoms with E-state index in [0.717, 1.165) is 22.6 Å². The van der Waals surface area contributed by atoms with Crippen LogP contribution >= 0.6 is 0 Å². The first-order chi connectivity index (χ1) is 10.1. The molecule has 2 aromatic rings. The Morgan fingerprint density at radius 2 is 1.76 bits per heavy atom. The molecule has 0 aliphatic heterocycles. The molecule has 0 saturated heterocycles. The maximum absolute atomic E-state index is 5.62. The van der Waals surface area contributed by atoms with Gasteiger partial charge in [0, 0.05) is 25.4 Å². The summed E-state index contributed by atoms with van der Waals surface area (Å²) >= 11 is 0. The Balaban J connectivity index is 2.51. The minimum Gasteiger partial charge on any atom is -0.373 e. The zero-order valence-electron chi connectivity index (χ0n) is 13.3. The lowest BCUT2D eigenvalue weighted by atomic mass is 10.0. The fraction of sp³-hybridized carbons (Fsp3) is 0.412. The summed E-state index contributed by atoms with van der Waals surface area (Å²) in [5.41, 5.74) is 3.21. The zero-order valence-corrected chi connectivity index (χ0v) is 13.3.